The summed E-state index contributed by atoms with van der Waals surface area (Å²) in [6.45, 7) is 0.907. The summed E-state index contributed by atoms with van der Waals surface area (Å²) in [6, 6.07) is 6.00. The zero-order valence-electron chi connectivity index (χ0n) is 11.9. The van der Waals surface area contributed by atoms with Crippen LogP contribution in [0.25, 0.3) is 0 Å². The van der Waals surface area contributed by atoms with Crippen molar-refractivity contribution in [3.8, 4) is 6.07 Å². The molecule has 0 aliphatic heterocycles. The van der Waals surface area contributed by atoms with Gasteiger partial charge >= 0.3 is 0 Å². The van der Waals surface area contributed by atoms with E-state index in [4.69, 9.17) is 26.3 Å². The highest BCUT2D eigenvalue weighted by molar-refractivity contribution is 7.89. The summed E-state index contributed by atoms with van der Waals surface area (Å²) in [5, 5.41) is 8.82. The van der Waals surface area contributed by atoms with Crippen molar-refractivity contribution >= 4 is 21.6 Å². The molecule has 6 nitrogen and oxygen atoms in total. The monoisotopic (exact) mass is 332 g/mol. The van der Waals surface area contributed by atoms with Crippen LogP contribution in [0.3, 0.4) is 0 Å². The zero-order chi connectivity index (χ0) is 15.9. The molecule has 0 fully saturated rings. The van der Waals surface area contributed by atoms with Gasteiger partial charge in [-0.15, -0.1) is 0 Å². The van der Waals surface area contributed by atoms with Crippen molar-refractivity contribution in [1.82, 2.24) is 4.31 Å². The maximum absolute atomic E-state index is 12.6. The lowest BCUT2D eigenvalue weighted by molar-refractivity contribution is 0.150. The Balaban J connectivity index is 3.12. The third-order valence-corrected chi connectivity index (χ3v) is 5.15. The molecule has 0 heterocycles. The first-order valence-electron chi connectivity index (χ1n) is 6.15. The van der Waals surface area contributed by atoms with Gasteiger partial charge in [0.2, 0.25) is 10.0 Å². The first-order valence-corrected chi connectivity index (χ1v) is 7.96. The van der Waals surface area contributed by atoms with Gasteiger partial charge in [0, 0.05) is 27.3 Å². The molecular formula is C13H17ClN2O4S. The summed E-state index contributed by atoms with van der Waals surface area (Å²) >= 11 is 5.99. The number of halogens is 1. The molecule has 0 aliphatic carbocycles. The van der Waals surface area contributed by atoms with E-state index in [0.717, 1.165) is 0 Å². The van der Waals surface area contributed by atoms with Crippen molar-refractivity contribution in [2.75, 3.05) is 40.5 Å². The standard InChI is InChI=1S/C13H17ClN2O4S/c1-19-7-5-16(6-8-20-2)21(17,18)13-4-3-11(10-15)9-12(13)14/h3-4,9H,5-8H2,1-2H3. The Morgan fingerprint density at radius 2 is 1.81 bits per heavy atom. The molecule has 0 radical (unpaired) electrons. The molecule has 1 aromatic carbocycles. The highest BCUT2D eigenvalue weighted by Crippen LogP contribution is 2.25. The molecule has 0 spiro atoms. The summed E-state index contributed by atoms with van der Waals surface area (Å²) in [4.78, 5) is -0.0321. The van der Waals surface area contributed by atoms with Crippen LogP contribution in [-0.4, -0.2) is 53.2 Å². The Morgan fingerprint density at radius 3 is 2.24 bits per heavy atom. The number of methoxy groups -OCH3 is 2. The summed E-state index contributed by atoms with van der Waals surface area (Å²) < 4.78 is 36.3. The minimum Gasteiger partial charge on any atom is -0.383 e. The maximum Gasteiger partial charge on any atom is 0.244 e. The van der Waals surface area contributed by atoms with Crippen molar-refractivity contribution in [2.45, 2.75) is 4.90 Å². The van der Waals surface area contributed by atoms with Crippen LogP contribution in [0.5, 0.6) is 0 Å². The largest absolute Gasteiger partial charge is 0.383 e. The van der Waals surface area contributed by atoms with E-state index in [-0.39, 0.29) is 36.2 Å². The van der Waals surface area contributed by atoms with Gasteiger partial charge in [-0.25, -0.2) is 8.42 Å². The molecular weight excluding hydrogens is 316 g/mol. The molecule has 1 aromatic rings. The number of benzene rings is 1. The maximum atomic E-state index is 12.6. The quantitative estimate of drug-likeness (QED) is 0.720. The first-order chi connectivity index (χ1) is 9.97. The topological polar surface area (TPSA) is 79.6 Å². The van der Waals surface area contributed by atoms with E-state index in [1.165, 1.54) is 36.7 Å². The average molecular weight is 333 g/mol. The van der Waals surface area contributed by atoms with E-state index in [0.29, 0.717) is 5.56 Å². The molecule has 0 atom stereocenters. The molecule has 0 aliphatic rings. The van der Waals surface area contributed by atoms with Crippen LogP contribution in [0.1, 0.15) is 5.56 Å². The molecule has 0 amide bonds. The number of nitriles is 1. The van der Waals surface area contributed by atoms with Gasteiger partial charge in [0.15, 0.2) is 0 Å². The van der Waals surface area contributed by atoms with Crippen LogP contribution in [0.2, 0.25) is 5.02 Å². The third kappa shape index (κ3) is 4.66. The SMILES string of the molecule is COCCN(CCOC)S(=O)(=O)c1ccc(C#N)cc1Cl. The summed E-state index contributed by atoms with van der Waals surface area (Å²) in [5.41, 5.74) is 0.305. The lowest BCUT2D eigenvalue weighted by atomic mass is 10.2. The van der Waals surface area contributed by atoms with Crippen LogP contribution in [0.15, 0.2) is 23.1 Å². The van der Waals surface area contributed by atoms with E-state index in [1.807, 2.05) is 6.07 Å². The predicted molar refractivity (Wildman–Crippen MR) is 78.7 cm³/mol. The molecule has 0 N–H and O–H groups in total. The summed E-state index contributed by atoms with van der Waals surface area (Å²) in [6.07, 6.45) is 0. The third-order valence-electron chi connectivity index (χ3n) is 2.77. The van der Waals surface area contributed by atoms with Gasteiger partial charge in [-0.05, 0) is 18.2 Å². The predicted octanol–water partition coefficient (Wildman–Crippen LogP) is 1.50. The fourth-order valence-corrected chi connectivity index (χ4v) is 3.58. The normalized spacial score (nSPS) is 11.6. The van der Waals surface area contributed by atoms with E-state index < -0.39 is 10.0 Å². The van der Waals surface area contributed by atoms with Gasteiger partial charge in [0.25, 0.3) is 0 Å². The highest BCUT2D eigenvalue weighted by atomic mass is 35.5. The van der Waals surface area contributed by atoms with Crippen molar-refractivity contribution in [1.29, 1.82) is 5.26 Å². The number of nitrogens with zero attached hydrogens (tertiary/aromatic N) is 2. The van der Waals surface area contributed by atoms with Gasteiger partial charge in [-0.1, -0.05) is 11.6 Å². The Bertz CT molecular complexity index is 605. The second kappa shape index (κ2) is 8.32. The Labute approximate surface area is 129 Å². The van der Waals surface area contributed by atoms with E-state index in [9.17, 15) is 8.42 Å². The zero-order valence-corrected chi connectivity index (χ0v) is 13.4. The van der Waals surface area contributed by atoms with Crippen molar-refractivity contribution in [3.05, 3.63) is 28.8 Å². The van der Waals surface area contributed by atoms with Crippen LogP contribution < -0.4 is 0 Å². The molecule has 0 saturated carbocycles. The van der Waals surface area contributed by atoms with Crippen molar-refractivity contribution in [3.63, 3.8) is 0 Å². The summed E-state index contributed by atoms with van der Waals surface area (Å²) in [5.74, 6) is 0. The fraction of sp³-hybridized carbons (Fsp3) is 0.462. The Morgan fingerprint density at radius 1 is 1.24 bits per heavy atom. The molecule has 1 rings (SSSR count). The first kappa shape index (κ1) is 17.9. The van der Waals surface area contributed by atoms with Gasteiger partial charge in [0.1, 0.15) is 4.90 Å². The number of hydrogen-bond donors (Lipinski definition) is 0. The Kier molecular flexibility index (Phi) is 7.08. The number of hydrogen-bond acceptors (Lipinski definition) is 5. The molecule has 0 bridgehead atoms. The van der Waals surface area contributed by atoms with Gasteiger partial charge in [0.05, 0.1) is 29.9 Å². The van der Waals surface area contributed by atoms with Crippen molar-refractivity contribution < 1.29 is 17.9 Å². The molecule has 0 unspecified atom stereocenters. The van der Waals surface area contributed by atoms with E-state index in [2.05, 4.69) is 0 Å². The molecule has 21 heavy (non-hydrogen) atoms. The fourth-order valence-electron chi connectivity index (χ4n) is 1.66. The van der Waals surface area contributed by atoms with Crippen molar-refractivity contribution in [2.24, 2.45) is 0 Å². The van der Waals surface area contributed by atoms with Crippen LogP contribution in [-0.2, 0) is 19.5 Å². The van der Waals surface area contributed by atoms with Gasteiger partial charge < -0.3 is 9.47 Å². The second-order valence-corrected chi connectivity index (χ2v) is 6.46. The molecule has 116 valence electrons. The molecule has 0 aromatic heterocycles. The van der Waals surface area contributed by atoms with Gasteiger partial charge in [-0.3, -0.25) is 0 Å². The van der Waals surface area contributed by atoms with Crippen LogP contribution in [0.4, 0.5) is 0 Å². The number of rotatable bonds is 8. The average Bonchev–Trinajstić information content (AvgIpc) is 2.46. The molecule has 0 saturated heterocycles. The van der Waals surface area contributed by atoms with Crippen LogP contribution >= 0.6 is 11.6 Å². The smallest absolute Gasteiger partial charge is 0.244 e. The van der Waals surface area contributed by atoms with E-state index in [1.54, 1.807) is 0 Å². The second-order valence-electron chi connectivity index (χ2n) is 4.15. The van der Waals surface area contributed by atoms with Gasteiger partial charge in [-0.2, -0.15) is 9.57 Å². The molecule has 8 heteroatoms. The highest BCUT2D eigenvalue weighted by Gasteiger charge is 2.26. The van der Waals surface area contributed by atoms with Crippen LogP contribution in [0, 0.1) is 11.3 Å². The number of ether oxygens (including phenoxy) is 2. The lowest BCUT2D eigenvalue weighted by Gasteiger charge is -2.22. The lowest BCUT2D eigenvalue weighted by Crippen LogP contribution is -2.36. The summed E-state index contributed by atoms with van der Waals surface area (Å²) in [7, 11) is -0.778. The minimum atomic E-state index is -3.77. The van der Waals surface area contributed by atoms with E-state index >= 15 is 0 Å². The number of sulfonamides is 1. The minimum absolute atomic E-state index is 0.0221. The Hall–Kier alpha value is -1.17.